The highest BCUT2D eigenvalue weighted by molar-refractivity contribution is 6.00. The summed E-state index contributed by atoms with van der Waals surface area (Å²) in [6.45, 7) is 1.10. The number of hydrazine groups is 1. The number of hydrogen-bond acceptors (Lipinski definition) is 7. The minimum absolute atomic E-state index is 0.300. The number of nitrogens with one attached hydrogen (secondary N) is 2. The summed E-state index contributed by atoms with van der Waals surface area (Å²) in [6.07, 6.45) is 0. The van der Waals surface area contributed by atoms with Crippen LogP contribution in [0.4, 0.5) is 0 Å². The third-order valence-corrected chi connectivity index (χ3v) is 4.99. The van der Waals surface area contributed by atoms with Crippen molar-refractivity contribution in [3.63, 3.8) is 0 Å². The van der Waals surface area contributed by atoms with Gasteiger partial charge < -0.3 is 9.47 Å². The molecule has 0 aliphatic heterocycles. The van der Waals surface area contributed by atoms with E-state index in [0.29, 0.717) is 42.5 Å². The SMILES string of the molecule is COCCOc1ccccc1C(=O)NNC(=O)c1ccc(Cn2nnc(-c3ccccc3)n2)cc1. The number of carbonyl (C=O) groups excluding carboxylic acids is 2. The lowest BCUT2D eigenvalue weighted by atomic mass is 10.1. The highest BCUT2D eigenvalue weighted by atomic mass is 16.5. The summed E-state index contributed by atoms with van der Waals surface area (Å²) in [6, 6.07) is 23.3. The molecule has 0 saturated heterocycles. The Bertz CT molecular complexity index is 1270. The molecule has 0 unspecified atom stereocenters. The van der Waals surface area contributed by atoms with Crippen LogP contribution in [-0.2, 0) is 11.3 Å². The molecule has 0 aliphatic carbocycles. The van der Waals surface area contributed by atoms with Crippen LogP contribution in [0.25, 0.3) is 11.4 Å². The van der Waals surface area contributed by atoms with Gasteiger partial charge in [-0.3, -0.25) is 20.4 Å². The zero-order valence-corrected chi connectivity index (χ0v) is 19.0. The second-order valence-corrected chi connectivity index (χ2v) is 7.45. The topological polar surface area (TPSA) is 120 Å². The summed E-state index contributed by atoms with van der Waals surface area (Å²) in [4.78, 5) is 26.5. The fraction of sp³-hybridized carbons (Fsp3) is 0.160. The van der Waals surface area contributed by atoms with Crippen molar-refractivity contribution >= 4 is 11.8 Å². The summed E-state index contributed by atoms with van der Waals surface area (Å²) < 4.78 is 10.5. The first-order valence-corrected chi connectivity index (χ1v) is 10.9. The van der Waals surface area contributed by atoms with E-state index < -0.39 is 11.8 Å². The number of ether oxygens (including phenoxy) is 2. The fourth-order valence-electron chi connectivity index (χ4n) is 3.21. The maximum absolute atomic E-state index is 12.5. The van der Waals surface area contributed by atoms with Crippen LogP contribution in [0, 0.1) is 0 Å². The first-order chi connectivity index (χ1) is 17.1. The van der Waals surface area contributed by atoms with Crippen LogP contribution in [0.2, 0.25) is 0 Å². The van der Waals surface area contributed by atoms with Gasteiger partial charge in [-0.1, -0.05) is 54.6 Å². The van der Waals surface area contributed by atoms with E-state index in [1.54, 1.807) is 55.6 Å². The zero-order valence-electron chi connectivity index (χ0n) is 19.0. The number of tetrazole rings is 1. The molecule has 0 spiro atoms. The Balaban J connectivity index is 1.32. The van der Waals surface area contributed by atoms with Crippen molar-refractivity contribution in [3.8, 4) is 17.1 Å². The van der Waals surface area contributed by atoms with Crippen molar-refractivity contribution in [1.82, 2.24) is 31.1 Å². The third-order valence-electron chi connectivity index (χ3n) is 4.99. The molecule has 0 aliphatic rings. The number of hydrogen-bond donors (Lipinski definition) is 2. The van der Waals surface area contributed by atoms with Gasteiger partial charge in [0.25, 0.3) is 11.8 Å². The van der Waals surface area contributed by atoms with Gasteiger partial charge in [-0.2, -0.15) is 4.80 Å². The van der Waals surface area contributed by atoms with E-state index in [1.807, 2.05) is 30.3 Å². The van der Waals surface area contributed by atoms with Crippen molar-refractivity contribution in [2.75, 3.05) is 20.3 Å². The predicted molar refractivity (Wildman–Crippen MR) is 128 cm³/mol. The molecular weight excluding hydrogens is 448 g/mol. The number of methoxy groups -OCH3 is 1. The third kappa shape index (κ3) is 6.27. The van der Waals surface area contributed by atoms with Crippen LogP contribution >= 0.6 is 0 Å². The normalized spacial score (nSPS) is 10.5. The molecule has 2 amide bonds. The lowest BCUT2D eigenvalue weighted by molar-refractivity contribution is 0.0842. The summed E-state index contributed by atoms with van der Waals surface area (Å²) in [5.74, 6) is 0.00296. The molecule has 4 rings (SSSR count). The standard InChI is InChI=1S/C25H24N6O4/c1-34-15-16-35-22-10-6-5-9-21(22)25(33)28-27-24(32)20-13-11-18(12-14-20)17-31-29-23(26-30-31)19-7-3-2-4-8-19/h2-14H,15-17H2,1H3,(H,27,32)(H,28,33). The van der Waals surface area contributed by atoms with Gasteiger partial charge >= 0.3 is 0 Å². The van der Waals surface area contributed by atoms with Crippen LogP contribution in [0.3, 0.4) is 0 Å². The number of benzene rings is 3. The van der Waals surface area contributed by atoms with E-state index in [0.717, 1.165) is 11.1 Å². The number of carbonyl (C=O) groups is 2. The molecule has 10 nitrogen and oxygen atoms in total. The number of aromatic nitrogens is 4. The number of nitrogens with zero attached hydrogens (tertiary/aromatic N) is 4. The molecule has 35 heavy (non-hydrogen) atoms. The lowest BCUT2D eigenvalue weighted by Gasteiger charge is -2.12. The van der Waals surface area contributed by atoms with Gasteiger partial charge in [0.2, 0.25) is 5.82 Å². The van der Waals surface area contributed by atoms with Gasteiger partial charge in [0, 0.05) is 18.2 Å². The molecule has 178 valence electrons. The summed E-state index contributed by atoms with van der Waals surface area (Å²) in [5, 5.41) is 12.6. The van der Waals surface area contributed by atoms with Crippen molar-refractivity contribution in [3.05, 3.63) is 95.6 Å². The maximum atomic E-state index is 12.5. The van der Waals surface area contributed by atoms with Gasteiger partial charge in [0.1, 0.15) is 12.4 Å². The van der Waals surface area contributed by atoms with E-state index in [4.69, 9.17) is 9.47 Å². The Hall–Kier alpha value is -4.57. The van der Waals surface area contributed by atoms with Gasteiger partial charge in [0.15, 0.2) is 0 Å². The molecule has 10 heteroatoms. The molecule has 0 radical (unpaired) electrons. The molecule has 3 aromatic carbocycles. The van der Waals surface area contributed by atoms with E-state index in [2.05, 4.69) is 26.3 Å². The largest absolute Gasteiger partial charge is 0.490 e. The van der Waals surface area contributed by atoms with Gasteiger partial charge in [-0.15, -0.1) is 10.2 Å². The second-order valence-electron chi connectivity index (χ2n) is 7.45. The van der Waals surface area contributed by atoms with Crippen molar-refractivity contribution in [2.45, 2.75) is 6.54 Å². The molecule has 0 atom stereocenters. The molecule has 1 heterocycles. The second kappa shape index (κ2) is 11.5. The summed E-state index contributed by atoms with van der Waals surface area (Å²) >= 11 is 0. The van der Waals surface area contributed by atoms with Crippen LogP contribution < -0.4 is 15.6 Å². The van der Waals surface area contributed by atoms with E-state index in [1.165, 1.54) is 4.80 Å². The minimum atomic E-state index is -0.491. The maximum Gasteiger partial charge on any atom is 0.273 e. The molecular formula is C25H24N6O4. The van der Waals surface area contributed by atoms with Crippen molar-refractivity contribution in [1.29, 1.82) is 0 Å². The first kappa shape index (κ1) is 23.6. The molecule has 0 saturated carbocycles. The van der Waals surface area contributed by atoms with Crippen LogP contribution in [0.5, 0.6) is 5.75 Å². The predicted octanol–water partition coefficient (Wildman–Crippen LogP) is 2.49. The minimum Gasteiger partial charge on any atom is -0.490 e. The number of rotatable bonds is 9. The molecule has 2 N–H and O–H groups in total. The van der Waals surface area contributed by atoms with Crippen molar-refractivity contribution in [2.24, 2.45) is 0 Å². The Labute approximate surface area is 201 Å². The number of amides is 2. The molecule has 0 fully saturated rings. The molecule has 1 aromatic heterocycles. The molecule has 4 aromatic rings. The van der Waals surface area contributed by atoms with Gasteiger partial charge in [-0.05, 0) is 35.0 Å². The van der Waals surface area contributed by atoms with E-state index in [-0.39, 0.29) is 0 Å². The van der Waals surface area contributed by atoms with E-state index in [9.17, 15) is 9.59 Å². The zero-order chi connectivity index (χ0) is 24.5. The Morgan fingerprint density at radius 1 is 0.857 bits per heavy atom. The lowest BCUT2D eigenvalue weighted by Crippen LogP contribution is -2.41. The fourth-order valence-corrected chi connectivity index (χ4v) is 3.21. The Morgan fingerprint density at radius 2 is 1.57 bits per heavy atom. The van der Waals surface area contributed by atoms with E-state index >= 15 is 0 Å². The van der Waals surface area contributed by atoms with Crippen LogP contribution in [0.15, 0.2) is 78.9 Å². The monoisotopic (exact) mass is 472 g/mol. The Morgan fingerprint density at radius 3 is 2.34 bits per heavy atom. The highest BCUT2D eigenvalue weighted by Gasteiger charge is 2.14. The van der Waals surface area contributed by atoms with Gasteiger partial charge in [0.05, 0.1) is 18.7 Å². The van der Waals surface area contributed by atoms with Gasteiger partial charge in [-0.25, -0.2) is 0 Å². The summed E-state index contributed by atoms with van der Waals surface area (Å²) in [5.41, 5.74) is 7.31. The average molecular weight is 473 g/mol. The molecule has 0 bridgehead atoms. The average Bonchev–Trinajstić information content (AvgIpc) is 3.37. The summed E-state index contributed by atoms with van der Waals surface area (Å²) in [7, 11) is 1.57. The van der Waals surface area contributed by atoms with Crippen LogP contribution in [-0.4, -0.2) is 52.3 Å². The van der Waals surface area contributed by atoms with Crippen LogP contribution in [0.1, 0.15) is 26.3 Å². The Kier molecular flexibility index (Phi) is 7.77. The quantitative estimate of drug-likeness (QED) is 0.284. The number of para-hydroxylation sites is 1. The highest BCUT2D eigenvalue weighted by Crippen LogP contribution is 2.17. The smallest absolute Gasteiger partial charge is 0.273 e. The first-order valence-electron chi connectivity index (χ1n) is 10.9. The van der Waals surface area contributed by atoms with Crippen molar-refractivity contribution < 1.29 is 19.1 Å².